The summed E-state index contributed by atoms with van der Waals surface area (Å²) in [6, 6.07) is 17.9. The molecule has 0 radical (unpaired) electrons. The van der Waals surface area contributed by atoms with E-state index in [0.717, 1.165) is 16.8 Å². The first kappa shape index (κ1) is 19.2. The van der Waals surface area contributed by atoms with Crippen molar-refractivity contribution >= 4 is 11.6 Å². The first-order valence-electron chi connectivity index (χ1n) is 8.81. The SMILES string of the molecule is COc1cc(CNCc2ccccn2)cc(Cl)c1OCc1ccc(C)cc1. The zero-order valence-electron chi connectivity index (χ0n) is 15.5. The summed E-state index contributed by atoms with van der Waals surface area (Å²) in [4.78, 5) is 4.30. The molecule has 0 atom stereocenters. The number of aryl methyl sites for hydroxylation is 1. The Hall–Kier alpha value is -2.56. The molecular weight excluding hydrogens is 360 g/mol. The molecule has 3 rings (SSSR count). The normalized spacial score (nSPS) is 10.6. The highest BCUT2D eigenvalue weighted by molar-refractivity contribution is 6.32. The number of pyridine rings is 1. The molecular formula is C22H23ClN2O2. The van der Waals surface area contributed by atoms with Gasteiger partial charge < -0.3 is 14.8 Å². The van der Waals surface area contributed by atoms with Crippen molar-refractivity contribution in [3.8, 4) is 11.5 Å². The number of benzene rings is 2. The molecule has 0 aliphatic heterocycles. The van der Waals surface area contributed by atoms with Crippen LogP contribution in [0, 0.1) is 6.92 Å². The summed E-state index contributed by atoms with van der Waals surface area (Å²) in [5.41, 5.74) is 4.32. The summed E-state index contributed by atoms with van der Waals surface area (Å²) in [6.45, 7) is 3.84. The Kier molecular flexibility index (Phi) is 6.69. The van der Waals surface area contributed by atoms with Crippen LogP contribution in [-0.2, 0) is 19.7 Å². The molecule has 140 valence electrons. The van der Waals surface area contributed by atoms with E-state index in [1.165, 1.54) is 5.56 Å². The predicted octanol–water partition coefficient (Wildman–Crippen LogP) is 4.92. The zero-order chi connectivity index (χ0) is 19.1. The molecule has 5 heteroatoms. The van der Waals surface area contributed by atoms with Gasteiger partial charge in [0.25, 0.3) is 0 Å². The van der Waals surface area contributed by atoms with Gasteiger partial charge in [0, 0.05) is 19.3 Å². The van der Waals surface area contributed by atoms with Gasteiger partial charge in [-0.05, 0) is 42.3 Å². The predicted molar refractivity (Wildman–Crippen MR) is 108 cm³/mol. The van der Waals surface area contributed by atoms with Crippen molar-refractivity contribution in [2.24, 2.45) is 0 Å². The molecule has 1 heterocycles. The number of rotatable bonds is 8. The van der Waals surface area contributed by atoms with E-state index < -0.39 is 0 Å². The van der Waals surface area contributed by atoms with E-state index in [9.17, 15) is 0 Å². The Balaban J connectivity index is 1.64. The van der Waals surface area contributed by atoms with Crippen LogP contribution in [0.1, 0.15) is 22.4 Å². The van der Waals surface area contributed by atoms with Gasteiger partial charge in [0.05, 0.1) is 17.8 Å². The third-order valence-electron chi connectivity index (χ3n) is 4.15. The molecule has 27 heavy (non-hydrogen) atoms. The number of nitrogens with zero attached hydrogens (tertiary/aromatic N) is 1. The van der Waals surface area contributed by atoms with E-state index in [2.05, 4.69) is 29.4 Å². The molecule has 1 N–H and O–H groups in total. The van der Waals surface area contributed by atoms with Crippen LogP contribution in [0.2, 0.25) is 5.02 Å². The highest BCUT2D eigenvalue weighted by Crippen LogP contribution is 2.37. The molecule has 0 fully saturated rings. The molecule has 0 unspecified atom stereocenters. The third kappa shape index (κ3) is 5.46. The standard InChI is InChI=1S/C22H23ClN2O2/c1-16-6-8-17(9-7-16)15-27-22-20(23)11-18(12-21(22)26-2)13-24-14-19-5-3-4-10-25-19/h3-12,24H,13-15H2,1-2H3. The monoisotopic (exact) mass is 382 g/mol. The van der Waals surface area contributed by atoms with E-state index in [-0.39, 0.29) is 0 Å². The van der Waals surface area contributed by atoms with E-state index in [1.807, 2.05) is 42.5 Å². The number of hydrogen-bond donors (Lipinski definition) is 1. The topological polar surface area (TPSA) is 43.4 Å². The maximum absolute atomic E-state index is 6.46. The molecule has 0 saturated heterocycles. The maximum Gasteiger partial charge on any atom is 0.180 e. The number of aromatic nitrogens is 1. The zero-order valence-corrected chi connectivity index (χ0v) is 16.3. The highest BCUT2D eigenvalue weighted by atomic mass is 35.5. The van der Waals surface area contributed by atoms with Crippen molar-refractivity contribution in [3.63, 3.8) is 0 Å². The minimum Gasteiger partial charge on any atom is -0.493 e. The Bertz CT molecular complexity index is 867. The second-order valence-electron chi connectivity index (χ2n) is 6.31. The Labute approximate surface area is 165 Å². The fourth-order valence-electron chi connectivity index (χ4n) is 2.69. The quantitative estimate of drug-likeness (QED) is 0.600. The summed E-state index contributed by atoms with van der Waals surface area (Å²) in [5, 5.41) is 3.90. The van der Waals surface area contributed by atoms with Crippen molar-refractivity contribution < 1.29 is 9.47 Å². The molecule has 0 aliphatic rings. The van der Waals surface area contributed by atoms with Gasteiger partial charge in [-0.3, -0.25) is 4.98 Å². The fraction of sp³-hybridized carbons (Fsp3) is 0.227. The van der Waals surface area contributed by atoms with Crippen molar-refractivity contribution in [1.29, 1.82) is 0 Å². The van der Waals surface area contributed by atoms with Crippen LogP contribution < -0.4 is 14.8 Å². The van der Waals surface area contributed by atoms with Crippen molar-refractivity contribution in [2.75, 3.05) is 7.11 Å². The molecule has 0 aliphatic carbocycles. The summed E-state index contributed by atoms with van der Waals surface area (Å²) >= 11 is 6.46. The van der Waals surface area contributed by atoms with Crippen LogP contribution in [0.4, 0.5) is 0 Å². The lowest BCUT2D eigenvalue weighted by Crippen LogP contribution is -2.13. The largest absolute Gasteiger partial charge is 0.493 e. The average molecular weight is 383 g/mol. The lowest BCUT2D eigenvalue weighted by Gasteiger charge is -2.15. The second-order valence-corrected chi connectivity index (χ2v) is 6.72. The highest BCUT2D eigenvalue weighted by Gasteiger charge is 2.12. The van der Waals surface area contributed by atoms with Crippen molar-refractivity contribution in [3.05, 3.63) is 88.2 Å². The smallest absolute Gasteiger partial charge is 0.180 e. The molecule has 4 nitrogen and oxygen atoms in total. The first-order chi connectivity index (χ1) is 13.2. The van der Waals surface area contributed by atoms with Crippen molar-refractivity contribution in [2.45, 2.75) is 26.6 Å². The number of methoxy groups -OCH3 is 1. The molecule has 3 aromatic rings. The van der Waals surface area contributed by atoms with Crippen LogP contribution in [-0.4, -0.2) is 12.1 Å². The van der Waals surface area contributed by atoms with E-state index >= 15 is 0 Å². The van der Waals surface area contributed by atoms with Gasteiger partial charge in [0.15, 0.2) is 11.5 Å². The Morgan fingerprint density at radius 2 is 1.81 bits per heavy atom. The molecule has 0 spiro atoms. The lowest BCUT2D eigenvalue weighted by atomic mass is 10.1. The van der Waals surface area contributed by atoms with Gasteiger partial charge in [-0.2, -0.15) is 0 Å². The molecule has 0 saturated carbocycles. The van der Waals surface area contributed by atoms with Crippen molar-refractivity contribution in [1.82, 2.24) is 10.3 Å². The van der Waals surface area contributed by atoms with Gasteiger partial charge in [0.1, 0.15) is 6.61 Å². The second kappa shape index (κ2) is 9.40. The minimum atomic E-state index is 0.438. The van der Waals surface area contributed by atoms with Gasteiger partial charge >= 0.3 is 0 Å². The Morgan fingerprint density at radius 3 is 2.52 bits per heavy atom. The summed E-state index contributed by atoms with van der Waals surface area (Å²) in [6.07, 6.45) is 1.79. The molecule has 0 amide bonds. The third-order valence-corrected chi connectivity index (χ3v) is 4.44. The van der Waals surface area contributed by atoms with Gasteiger partial charge in [-0.25, -0.2) is 0 Å². The maximum atomic E-state index is 6.46. The Morgan fingerprint density at radius 1 is 1.00 bits per heavy atom. The summed E-state index contributed by atoms with van der Waals surface area (Å²) in [7, 11) is 1.62. The minimum absolute atomic E-state index is 0.438. The van der Waals surface area contributed by atoms with Crippen LogP contribution >= 0.6 is 11.6 Å². The van der Waals surface area contributed by atoms with Crippen LogP contribution in [0.5, 0.6) is 11.5 Å². The molecule has 1 aromatic heterocycles. The number of nitrogens with one attached hydrogen (secondary N) is 1. The van der Waals surface area contributed by atoms with E-state index in [1.54, 1.807) is 13.3 Å². The van der Waals surface area contributed by atoms with E-state index in [0.29, 0.717) is 36.2 Å². The van der Waals surface area contributed by atoms with E-state index in [4.69, 9.17) is 21.1 Å². The molecule has 0 bridgehead atoms. The van der Waals surface area contributed by atoms with Crippen LogP contribution in [0.15, 0.2) is 60.8 Å². The number of hydrogen-bond acceptors (Lipinski definition) is 4. The molecule has 2 aromatic carbocycles. The lowest BCUT2D eigenvalue weighted by molar-refractivity contribution is 0.284. The summed E-state index contributed by atoms with van der Waals surface area (Å²) < 4.78 is 11.4. The fourth-order valence-corrected chi connectivity index (χ4v) is 2.98. The van der Waals surface area contributed by atoms with Gasteiger partial charge in [0.2, 0.25) is 0 Å². The van der Waals surface area contributed by atoms with Gasteiger partial charge in [-0.15, -0.1) is 0 Å². The number of halogens is 1. The van der Waals surface area contributed by atoms with Crippen LogP contribution in [0.25, 0.3) is 0 Å². The first-order valence-corrected chi connectivity index (χ1v) is 9.19. The number of ether oxygens (including phenoxy) is 2. The van der Waals surface area contributed by atoms with Gasteiger partial charge in [-0.1, -0.05) is 47.5 Å². The average Bonchev–Trinajstić information content (AvgIpc) is 2.69. The summed E-state index contributed by atoms with van der Waals surface area (Å²) in [5.74, 6) is 1.19. The van der Waals surface area contributed by atoms with Crippen LogP contribution in [0.3, 0.4) is 0 Å².